The smallest absolute Gasteiger partial charge is 0.330 e. The first-order chi connectivity index (χ1) is 15.3. The van der Waals surface area contributed by atoms with E-state index in [1.165, 1.54) is 4.57 Å². The largest absolute Gasteiger partial charge is 0.346 e. The van der Waals surface area contributed by atoms with Gasteiger partial charge in [0.1, 0.15) is 6.54 Å². The van der Waals surface area contributed by atoms with E-state index < -0.39 is 5.69 Å². The van der Waals surface area contributed by atoms with Crippen molar-refractivity contribution in [1.29, 1.82) is 0 Å². The summed E-state index contributed by atoms with van der Waals surface area (Å²) in [5, 5.41) is 7.00. The molecule has 166 valence electrons. The van der Waals surface area contributed by atoms with E-state index in [9.17, 15) is 14.4 Å². The Hall–Kier alpha value is -3.68. The number of aromatic nitrogens is 3. The van der Waals surface area contributed by atoms with E-state index >= 15 is 0 Å². The summed E-state index contributed by atoms with van der Waals surface area (Å²) in [5.74, 6) is -0.263. The maximum Gasteiger partial charge on any atom is 0.346 e. The Morgan fingerprint density at radius 3 is 2.62 bits per heavy atom. The summed E-state index contributed by atoms with van der Waals surface area (Å²) in [6.45, 7) is 7.13. The van der Waals surface area contributed by atoms with Crippen molar-refractivity contribution in [1.82, 2.24) is 19.2 Å². The van der Waals surface area contributed by atoms with E-state index in [0.29, 0.717) is 31.2 Å². The second-order valence-electron chi connectivity index (χ2n) is 8.40. The monoisotopic (exact) mass is 433 g/mol. The van der Waals surface area contributed by atoms with E-state index in [0.717, 1.165) is 21.4 Å². The Morgan fingerprint density at radius 2 is 1.88 bits per heavy atom. The van der Waals surface area contributed by atoms with Crippen molar-refractivity contribution < 1.29 is 9.59 Å². The molecule has 0 unspecified atom stereocenters. The third-order valence-corrected chi connectivity index (χ3v) is 5.75. The number of fused-ring (bicyclic) bond motifs is 1. The molecule has 4 rings (SSSR count). The van der Waals surface area contributed by atoms with Crippen molar-refractivity contribution in [2.45, 2.75) is 46.3 Å². The molecule has 8 nitrogen and oxygen atoms in total. The molecule has 1 aromatic heterocycles. The van der Waals surface area contributed by atoms with Gasteiger partial charge in [-0.25, -0.2) is 9.48 Å². The number of hydrogen-bond donors (Lipinski definition) is 1. The molecule has 1 aliphatic heterocycles. The summed E-state index contributed by atoms with van der Waals surface area (Å²) in [6, 6.07) is 15.5. The van der Waals surface area contributed by atoms with Crippen LogP contribution in [0.25, 0.3) is 0 Å². The standard InChI is InChI=1S/C24H27N5O3/c1-16(2)18-9-6-10-20(13-18)25-21(30)15-29-24(32)28-12-11-27(23(31)22(28)26-29)14-19-8-5-4-7-17(19)3/h4-10,13,16H,11-12,14-15H2,1-3H3,(H,25,30). The molecule has 0 atom stereocenters. The lowest BCUT2D eigenvalue weighted by Crippen LogP contribution is -2.42. The molecule has 3 aromatic rings. The van der Waals surface area contributed by atoms with Gasteiger partial charge in [-0.05, 0) is 41.7 Å². The number of nitrogens with zero attached hydrogens (tertiary/aromatic N) is 4. The van der Waals surface area contributed by atoms with E-state index in [4.69, 9.17) is 0 Å². The van der Waals surface area contributed by atoms with Gasteiger partial charge in [0.25, 0.3) is 5.91 Å². The van der Waals surface area contributed by atoms with Crippen molar-refractivity contribution >= 4 is 17.5 Å². The van der Waals surface area contributed by atoms with Gasteiger partial charge in [-0.2, -0.15) is 0 Å². The molecule has 0 fully saturated rings. The van der Waals surface area contributed by atoms with E-state index in [1.807, 2.05) is 49.4 Å². The maximum absolute atomic E-state index is 13.0. The fourth-order valence-electron chi connectivity index (χ4n) is 3.82. The Morgan fingerprint density at radius 1 is 1.09 bits per heavy atom. The highest BCUT2D eigenvalue weighted by Gasteiger charge is 2.30. The summed E-state index contributed by atoms with van der Waals surface area (Å²) in [4.78, 5) is 39.9. The van der Waals surface area contributed by atoms with Crippen LogP contribution < -0.4 is 11.0 Å². The summed E-state index contributed by atoms with van der Waals surface area (Å²) in [5.41, 5.74) is 3.48. The molecular weight excluding hydrogens is 406 g/mol. The molecule has 32 heavy (non-hydrogen) atoms. The molecule has 0 spiro atoms. The van der Waals surface area contributed by atoms with Crippen LogP contribution in [0.2, 0.25) is 0 Å². The number of carbonyl (C=O) groups is 2. The summed E-state index contributed by atoms with van der Waals surface area (Å²) >= 11 is 0. The zero-order valence-corrected chi connectivity index (χ0v) is 18.5. The van der Waals surface area contributed by atoms with Crippen LogP contribution >= 0.6 is 0 Å². The number of aryl methyl sites for hydroxylation is 1. The number of benzene rings is 2. The summed E-state index contributed by atoms with van der Waals surface area (Å²) in [6.07, 6.45) is 0. The van der Waals surface area contributed by atoms with Crippen LogP contribution in [-0.2, 0) is 24.4 Å². The van der Waals surface area contributed by atoms with Gasteiger partial charge in [0, 0.05) is 25.3 Å². The molecule has 1 N–H and O–H groups in total. The summed E-state index contributed by atoms with van der Waals surface area (Å²) in [7, 11) is 0. The lowest BCUT2D eigenvalue weighted by atomic mass is 10.0. The topological polar surface area (TPSA) is 89.2 Å². The van der Waals surface area contributed by atoms with Gasteiger partial charge in [0.15, 0.2) is 0 Å². The van der Waals surface area contributed by atoms with Crippen molar-refractivity contribution in [2.24, 2.45) is 0 Å². The number of carbonyl (C=O) groups excluding carboxylic acids is 2. The lowest BCUT2D eigenvalue weighted by Gasteiger charge is -2.27. The van der Waals surface area contributed by atoms with Crippen molar-refractivity contribution in [2.75, 3.05) is 11.9 Å². The molecule has 0 aliphatic carbocycles. The Balaban J connectivity index is 1.48. The minimum Gasteiger partial charge on any atom is -0.330 e. The second-order valence-corrected chi connectivity index (χ2v) is 8.40. The van der Waals surface area contributed by atoms with Gasteiger partial charge in [-0.3, -0.25) is 14.2 Å². The quantitative estimate of drug-likeness (QED) is 0.647. The minimum atomic E-state index is -0.449. The van der Waals surface area contributed by atoms with Crippen molar-refractivity contribution in [3.8, 4) is 0 Å². The van der Waals surface area contributed by atoms with Gasteiger partial charge in [-0.15, -0.1) is 5.10 Å². The second kappa shape index (κ2) is 8.82. The van der Waals surface area contributed by atoms with Crippen LogP contribution in [0.1, 0.15) is 47.1 Å². The first-order valence-electron chi connectivity index (χ1n) is 10.7. The molecule has 2 aromatic carbocycles. The van der Waals surface area contributed by atoms with Crippen LogP contribution in [-0.4, -0.2) is 37.6 Å². The predicted molar refractivity (Wildman–Crippen MR) is 122 cm³/mol. The zero-order valence-electron chi connectivity index (χ0n) is 18.5. The molecule has 8 heteroatoms. The highest BCUT2D eigenvalue weighted by atomic mass is 16.2. The van der Waals surface area contributed by atoms with Crippen LogP contribution in [0.5, 0.6) is 0 Å². The lowest BCUT2D eigenvalue weighted by molar-refractivity contribution is -0.117. The van der Waals surface area contributed by atoms with E-state index in [1.54, 1.807) is 11.0 Å². The van der Waals surface area contributed by atoms with Gasteiger partial charge in [-0.1, -0.05) is 50.2 Å². The highest BCUT2D eigenvalue weighted by Crippen LogP contribution is 2.19. The Bertz CT molecular complexity index is 1220. The predicted octanol–water partition coefficient (Wildman–Crippen LogP) is 2.77. The molecular formula is C24H27N5O3. The maximum atomic E-state index is 13.0. The summed E-state index contributed by atoms with van der Waals surface area (Å²) < 4.78 is 2.41. The normalized spacial score (nSPS) is 13.4. The molecule has 2 amide bonds. The van der Waals surface area contributed by atoms with Gasteiger partial charge in [0.05, 0.1) is 0 Å². The van der Waals surface area contributed by atoms with Crippen LogP contribution in [0, 0.1) is 6.92 Å². The average molecular weight is 434 g/mol. The number of rotatable bonds is 6. The molecule has 0 radical (unpaired) electrons. The van der Waals surface area contributed by atoms with E-state index in [-0.39, 0.29) is 24.2 Å². The minimum absolute atomic E-state index is 0.0736. The molecule has 2 heterocycles. The SMILES string of the molecule is Cc1ccccc1CN1CCn2c(nn(CC(=O)Nc3cccc(C(C)C)c3)c2=O)C1=O. The number of nitrogens with one attached hydrogen (secondary N) is 1. The molecule has 0 saturated carbocycles. The van der Waals surface area contributed by atoms with Crippen LogP contribution in [0.3, 0.4) is 0 Å². The van der Waals surface area contributed by atoms with Crippen LogP contribution in [0.15, 0.2) is 53.3 Å². The van der Waals surface area contributed by atoms with Gasteiger partial charge >= 0.3 is 5.69 Å². The van der Waals surface area contributed by atoms with Crippen molar-refractivity contribution in [3.05, 3.63) is 81.5 Å². The first-order valence-corrected chi connectivity index (χ1v) is 10.7. The Kier molecular flexibility index (Phi) is 5.94. The third-order valence-electron chi connectivity index (χ3n) is 5.75. The Labute approximate surface area is 186 Å². The van der Waals surface area contributed by atoms with Gasteiger partial charge in [0.2, 0.25) is 11.7 Å². The van der Waals surface area contributed by atoms with Crippen LogP contribution in [0.4, 0.5) is 5.69 Å². The fraction of sp³-hybridized carbons (Fsp3) is 0.333. The van der Waals surface area contributed by atoms with E-state index in [2.05, 4.69) is 24.3 Å². The molecule has 0 bridgehead atoms. The third kappa shape index (κ3) is 4.34. The fourth-order valence-corrected chi connectivity index (χ4v) is 3.82. The number of anilines is 1. The molecule has 0 saturated heterocycles. The zero-order chi connectivity index (χ0) is 22.8. The molecule has 1 aliphatic rings. The average Bonchev–Trinajstić information content (AvgIpc) is 3.07. The van der Waals surface area contributed by atoms with Crippen molar-refractivity contribution in [3.63, 3.8) is 0 Å². The first kappa shape index (κ1) is 21.5. The highest BCUT2D eigenvalue weighted by molar-refractivity contribution is 5.92. The number of amides is 2. The number of hydrogen-bond acceptors (Lipinski definition) is 4. The van der Waals surface area contributed by atoms with Gasteiger partial charge < -0.3 is 10.2 Å².